The van der Waals surface area contributed by atoms with Crippen LogP contribution in [0.1, 0.15) is 55.5 Å². The van der Waals surface area contributed by atoms with Crippen LogP contribution in [0.15, 0.2) is 42.5 Å². The number of hydrogen-bond donors (Lipinski definition) is 0. The van der Waals surface area contributed by atoms with Crippen molar-refractivity contribution in [3.05, 3.63) is 53.6 Å². The number of benzene rings is 2. The van der Waals surface area contributed by atoms with Gasteiger partial charge in [-0.25, -0.2) is 4.79 Å². The molecule has 0 spiro atoms. The SMILES string of the molecule is CCN(CCCCOCCCCOC(=O)c1ccc(OC)c(OC)c1)[C@H](C)Cc1ccc(OC)cc1. The molecule has 0 aliphatic carbocycles. The average Bonchev–Trinajstić information content (AvgIpc) is 2.91. The van der Waals surface area contributed by atoms with E-state index < -0.39 is 0 Å². The van der Waals surface area contributed by atoms with E-state index in [1.54, 1.807) is 32.4 Å². The van der Waals surface area contributed by atoms with Crippen molar-refractivity contribution >= 4 is 5.97 Å². The van der Waals surface area contributed by atoms with E-state index in [2.05, 4.69) is 30.9 Å². The Morgan fingerprint density at radius 2 is 1.50 bits per heavy atom. The Hall–Kier alpha value is -2.77. The second-order valence-electron chi connectivity index (χ2n) is 8.76. The van der Waals surface area contributed by atoms with Crippen molar-refractivity contribution in [1.29, 1.82) is 0 Å². The first-order chi connectivity index (χ1) is 17.5. The summed E-state index contributed by atoms with van der Waals surface area (Å²) in [5.74, 6) is 1.62. The minimum Gasteiger partial charge on any atom is -0.497 e. The fraction of sp³-hybridized carbons (Fsp3) is 0.552. The van der Waals surface area contributed by atoms with Gasteiger partial charge in [-0.05, 0) is 88.0 Å². The highest BCUT2D eigenvalue weighted by Crippen LogP contribution is 2.27. The summed E-state index contributed by atoms with van der Waals surface area (Å²) in [5.41, 5.74) is 1.78. The first kappa shape index (κ1) is 29.5. The molecular formula is C29H43NO6. The van der Waals surface area contributed by atoms with Crippen LogP contribution in [0.2, 0.25) is 0 Å². The highest BCUT2D eigenvalue weighted by molar-refractivity contribution is 5.90. The van der Waals surface area contributed by atoms with E-state index in [0.717, 1.165) is 57.6 Å². The second-order valence-corrected chi connectivity index (χ2v) is 8.76. The van der Waals surface area contributed by atoms with E-state index in [-0.39, 0.29) is 5.97 Å². The van der Waals surface area contributed by atoms with Gasteiger partial charge in [0, 0.05) is 19.3 Å². The maximum absolute atomic E-state index is 12.2. The molecule has 2 rings (SSSR count). The van der Waals surface area contributed by atoms with Gasteiger partial charge in [-0.1, -0.05) is 19.1 Å². The van der Waals surface area contributed by atoms with Crippen molar-refractivity contribution in [2.75, 3.05) is 54.2 Å². The first-order valence-electron chi connectivity index (χ1n) is 12.9. The van der Waals surface area contributed by atoms with E-state index >= 15 is 0 Å². The van der Waals surface area contributed by atoms with Crippen LogP contribution in [0.3, 0.4) is 0 Å². The molecule has 2 aromatic rings. The van der Waals surface area contributed by atoms with Crippen LogP contribution in [0, 0.1) is 0 Å². The molecule has 7 nitrogen and oxygen atoms in total. The monoisotopic (exact) mass is 501 g/mol. The number of esters is 1. The standard InChI is InChI=1S/C29H43NO6/c1-6-30(23(2)21-24-11-14-26(32-3)15-12-24)17-7-8-18-35-19-9-10-20-36-29(31)25-13-16-27(33-4)28(22-25)34-5/h11-16,22-23H,6-10,17-21H2,1-5H3/t23-/m1/s1. The zero-order valence-corrected chi connectivity index (χ0v) is 22.6. The Kier molecular flexibility index (Phi) is 13.8. The number of carbonyl (C=O) groups is 1. The first-order valence-corrected chi connectivity index (χ1v) is 12.9. The minimum absolute atomic E-state index is 0.362. The maximum atomic E-state index is 12.2. The number of carbonyl (C=O) groups excluding carboxylic acids is 1. The molecule has 0 radical (unpaired) electrons. The molecule has 0 aliphatic rings. The molecule has 1 atom stereocenters. The molecule has 0 heterocycles. The van der Waals surface area contributed by atoms with Gasteiger partial charge in [0.25, 0.3) is 0 Å². The van der Waals surface area contributed by atoms with E-state index in [9.17, 15) is 4.79 Å². The van der Waals surface area contributed by atoms with Crippen LogP contribution < -0.4 is 14.2 Å². The minimum atomic E-state index is -0.362. The number of nitrogens with zero attached hydrogens (tertiary/aromatic N) is 1. The Balaban J connectivity index is 1.53. The van der Waals surface area contributed by atoms with E-state index in [0.29, 0.717) is 36.3 Å². The summed E-state index contributed by atoms with van der Waals surface area (Å²) < 4.78 is 26.8. The zero-order chi connectivity index (χ0) is 26.2. The lowest BCUT2D eigenvalue weighted by atomic mass is 10.1. The molecule has 0 aliphatic heterocycles. The van der Waals surface area contributed by atoms with Crippen molar-refractivity contribution in [2.24, 2.45) is 0 Å². The molecule has 2 aromatic carbocycles. The van der Waals surface area contributed by atoms with Gasteiger partial charge in [0.1, 0.15) is 5.75 Å². The Labute approximate surface area is 216 Å². The molecule has 0 bridgehead atoms. The highest BCUT2D eigenvalue weighted by atomic mass is 16.5. The molecule has 0 aromatic heterocycles. The average molecular weight is 502 g/mol. The van der Waals surface area contributed by atoms with Gasteiger partial charge in [-0.15, -0.1) is 0 Å². The van der Waals surface area contributed by atoms with Gasteiger partial charge in [-0.3, -0.25) is 0 Å². The molecule has 0 N–H and O–H groups in total. The molecular weight excluding hydrogens is 458 g/mol. The number of ether oxygens (including phenoxy) is 5. The summed E-state index contributed by atoms with van der Waals surface area (Å²) in [6.45, 7) is 8.44. The van der Waals surface area contributed by atoms with E-state index in [1.165, 1.54) is 12.7 Å². The van der Waals surface area contributed by atoms with Crippen LogP contribution in [0.4, 0.5) is 0 Å². The molecule has 0 amide bonds. The normalized spacial score (nSPS) is 11.8. The summed E-state index contributed by atoms with van der Waals surface area (Å²) in [7, 11) is 4.79. The molecule has 0 unspecified atom stereocenters. The van der Waals surface area contributed by atoms with Gasteiger partial charge in [-0.2, -0.15) is 0 Å². The maximum Gasteiger partial charge on any atom is 0.338 e. The molecule has 36 heavy (non-hydrogen) atoms. The summed E-state index contributed by atoms with van der Waals surface area (Å²) in [4.78, 5) is 14.7. The van der Waals surface area contributed by atoms with Gasteiger partial charge in [0.05, 0.1) is 33.5 Å². The predicted molar refractivity (Wildman–Crippen MR) is 143 cm³/mol. The molecule has 200 valence electrons. The summed E-state index contributed by atoms with van der Waals surface area (Å²) in [6.07, 6.45) is 4.82. The van der Waals surface area contributed by atoms with Crippen molar-refractivity contribution in [3.8, 4) is 17.2 Å². The summed E-state index contributed by atoms with van der Waals surface area (Å²) >= 11 is 0. The smallest absolute Gasteiger partial charge is 0.338 e. The Morgan fingerprint density at radius 3 is 2.14 bits per heavy atom. The second kappa shape index (κ2) is 16.8. The zero-order valence-electron chi connectivity index (χ0n) is 22.6. The third-order valence-electron chi connectivity index (χ3n) is 6.24. The fourth-order valence-corrected chi connectivity index (χ4v) is 4.06. The molecule has 0 saturated carbocycles. The molecule has 0 saturated heterocycles. The van der Waals surface area contributed by atoms with E-state index in [1.807, 2.05) is 12.1 Å². The van der Waals surface area contributed by atoms with Crippen LogP contribution >= 0.6 is 0 Å². The molecule has 7 heteroatoms. The van der Waals surface area contributed by atoms with Gasteiger partial charge in [0.2, 0.25) is 0 Å². The van der Waals surface area contributed by atoms with E-state index in [4.69, 9.17) is 23.7 Å². The Morgan fingerprint density at radius 1 is 0.833 bits per heavy atom. The Bertz CT molecular complexity index is 886. The number of rotatable bonds is 18. The van der Waals surface area contributed by atoms with Crippen molar-refractivity contribution in [3.63, 3.8) is 0 Å². The van der Waals surface area contributed by atoms with Crippen molar-refractivity contribution < 1.29 is 28.5 Å². The highest BCUT2D eigenvalue weighted by Gasteiger charge is 2.13. The van der Waals surface area contributed by atoms with Crippen LogP contribution in [0.25, 0.3) is 0 Å². The topological polar surface area (TPSA) is 66.5 Å². The number of likely N-dealkylation sites (N-methyl/N-ethyl adjacent to an activating group) is 1. The third kappa shape index (κ3) is 10.1. The number of methoxy groups -OCH3 is 3. The lowest BCUT2D eigenvalue weighted by Gasteiger charge is -2.28. The number of hydrogen-bond acceptors (Lipinski definition) is 7. The van der Waals surface area contributed by atoms with Crippen molar-refractivity contribution in [1.82, 2.24) is 4.90 Å². The summed E-state index contributed by atoms with van der Waals surface area (Å²) in [6, 6.07) is 13.8. The van der Waals surface area contributed by atoms with Gasteiger partial charge >= 0.3 is 5.97 Å². The third-order valence-corrected chi connectivity index (χ3v) is 6.24. The van der Waals surface area contributed by atoms with Crippen LogP contribution in [-0.4, -0.2) is 71.2 Å². The van der Waals surface area contributed by atoms with Crippen LogP contribution in [-0.2, 0) is 15.9 Å². The van der Waals surface area contributed by atoms with Gasteiger partial charge < -0.3 is 28.6 Å². The van der Waals surface area contributed by atoms with Crippen LogP contribution in [0.5, 0.6) is 17.2 Å². The lowest BCUT2D eigenvalue weighted by molar-refractivity contribution is 0.0480. The summed E-state index contributed by atoms with van der Waals surface area (Å²) in [5, 5.41) is 0. The lowest BCUT2D eigenvalue weighted by Crippen LogP contribution is -2.35. The predicted octanol–water partition coefficient (Wildman–Crippen LogP) is 5.40. The largest absolute Gasteiger partial charge is 0.497 e. The number of unbranched alkanes of at least 4 members (excludes halogenated alkanes) is 2. The van der Waals surface area contributed by atoms with Crippen molar-refractivity contribution in [2.45, 2.75) is 52.0 Å². The fourth-order valence-electron chi connectivity index (χ4n) is 4.06. The van der Waals surface area contributed by atoms with Gasteiger partial charge in [0.15, 0.2) is 11.5 Å². The quantitative estimate of drug-likeness (QED) is 0.200. The molecule has 0 fully saturated rings.